The third-order valence-electron chi connectivity index (χ3n) is 6.56. The number of hydrogen-bond acceptors (Lipinski definition) is 7. The smallest absolute Gasteiger partial charge is 0.335 e. The van der Waals surface area contributed by atoms with Crippen molar-refractivity contribution in [3.05, 3.63) is 94.5 Å². The summed E-state index contributed by atoms with van der Waals surface area (Å²) in [6.45, 7) is 2.43. The van der Waals surface area contributed by atoms with Crippen molar-refractivity contribution < 1.29 is 33.3 Å². The summed E-state index contributed by atoms with van der Waals surface area (Å²) in [5.41, 5.74) is 1.33. The SMILES string of the molecule is CCOc1cc(/C=C2\C(=O)NC(=O)N(c3ccc4c(c3)OCO4)C2=O)cc(Cl)c1OCc1ccc2ccccc2c1. The molecule has 6 rings (SSSR count). The Balaban J connectivity index is 1.28. The Kier molecular flexibility index (Phi) is 6.94. The molecule has 206 valence electrons. The fraction of sp³-hybridized carbons (Fsp3) is 0.129. The number of ether oxygens (including phenoxy) is 4. The lowest BCUT2D eigenvalue weighted by molar-refractivity contribution is -0.122. The zero-order chi connectivity index (χ0) is 28.5. The molecule has 41 heavy (non-hydrogen) atoms. The molecule has 0 atom stereocenters. The number of imide groups is 2. The minimum atomic E-state index is -0.874. The molecule has 10 heteroatoms. The summed E-state index contributed by atoms with van der Waals surface area (Å²) in [4.78, 5) is 39.6. The van der Waals surface area contributed by atoms with Crippen LogP contribution in [0.5, 0.6) is 23.0 Å². The van der Waals surface area contributed by atoms with Crippen LogP contribution in [0.4, 0.5) is 10.5 Å². The van der Waals surface area contributed by atoms with E-state index in [-0.39, 0.29) is 29.7 Å². The Morgan fingerprint density at radius 2 is 1.73 bits per heavy atom. The van der Waals surface area contributed by atoms with Crippen molar-refractivity contribution in [1.82, 2.24) is 5.32 Å². The maximum Gasteiger partial charge on any atom is 0.335 e. The van der Waals surface area contributed by atoms with Crippen molar-refractivity contribution >= 4 is 52.0 Å². The van der Waals surface area contributed by atoms with Gasteiger partial charge in [0.1, 0.15) is 12.2 Å². The fourth-order valence-corrected chi connectivity index (χ4v) is 4.91. The predicted molar refractivity (Wildman–Crippen MR) is 152 cm³/mol. The average molecular weight is 571 g/mol. The third kappa shape index (κ3) is 5.15. The lowest BCUT2D eigenvalue weighted by Crippen LogP contribution is -2.54. The number of hydrogen-bond donors (Lipinski definition) is 1. The molecule has 0 radical (unpaired) electrons. The Bertz CT molecular complexity index is 1750. The number of benzene rings is 4. The molecule has 4 amide bonds. The summed E-state index contributed by atoms with van der Waals surface area (Å²) >= 11 is 6.61. The summed E-state index contributed by atoms with van der Waals surface area (Å²) in [5, 5.41) is 4.66. The summed E-state index contributed by atoms with van der Waals surface area (Å²) in [7, 11) is 0. The Labute approximate surface area is 239 Å². The lowest BCUT2D eigenvalue weighted by Gasteiger charge is -2.26. The van der Waals surface area contributed by atoms with Gasteiger partial charge in [-0.3, -0.25) is 14.9 Å². The van der Waals surface area contributed by atoms with Crippen LogP contribution in [0.1, 0.15) is 18.1 Å². The number of rotatable bonds is 7. The van der Waals surface area contributed by atoms with E-state index in [1.807, 2.05) is 49.4 Å². The van der Waals surface area contributed by atoms with Gasteiger partial charge in [0, 0.05) is 6.07 Å². The summed E-state index contributed by atoms with van der Waals surface area (Å²) in [6, 6.07) is 21.0. The van der Waals surface area contributed by atoms with E-state index >= 15 is 0 Å². The first-order valence-corrected chi connectivity index (χ1v) is 13.2. The second-order valence-corrected chi connectivity index (χ2v) is 9.64. The number of amides is 4. The van der Waals surface area contributed by atoms with E-state index in [4.69, 9.17) is 30.5 Å². The van der Waals surface area contributed by atoms with Crippen molar-refractivity contribution in [1.29, 1.82) is 0 Å². The molecule has 0 bridgehead atoms. The van der Waals surface area contributed by atoms with Crippen LogP contribution in [0.2, 0.25) is 5.02 Å². The maximum atomic E-state index is 13.4. The average Bonchev–Trinajstić information content (AvgIpc) is 3.43. The van der Waals surface area contributed by atoms with Crippen molar-refractivity contribution in [2.45, 2.75) is 13.5 Å². The zero-order valence-corrected chi connectivity index (χ0v) is 22.6. The van der Waals surface area contributed by atoms with Crippen molar-refractivity contribution in [3.8, 4) is 23.0 Å². The molecule has 0 aliphatic carbocycles. The van der Waals surface area contributed by atoms with E-state index in [1.165, 1.54) is 18.2 Å². The van der Waals surface area contributed by atoms with Crippen LogP contribution >= 0.6 is 11.6 Å². The van der Waals surface area contributed by atoms with Gasteiger partial charge >= 0.3 is 6.03 Å². The van der Waals surface area contributed by atoms with E-state index in [2.05, 4.69) is 5.32 Å². The second-order valence-electron chi connectivity index (χ2n) is 9.23. The number of anilines is 1. The molecule has 1 fully saturated rings. The molecule has 4 aromatic rings. The van der Waals surface area contributed by atoms with Crippen LogP contribution in [0.3, 0.4) is 0 Å². The van der Waals surface area contributed by atoms with Gasteiger partial charge in [0.15, 0.2) is 23.0 Å². The number of carbonyl (C=O) groups excluding carboxylic acids is 3. The molecule has 0 unspecified atom stereocenters. The molecule has 4 aromatic carbocycles. The Morgan fingerprint density at radius 3 is 2.56 bits per heavy atom. The van der Waals surface area contributed by atoms with Crippen molar-refractivity contribution in [2.75, 3.05) is 18.3 Å². The molecule has 0 spiro atoms. The molecule has 9 nitrogen and oxygen atoms in total. The highest BCUT2D eigenvalue weighted by molar-refractivity contribution is 6.39. The highest BCUT2D eigenvalue weighted by Gasteiger charge is 2.37. The minimum Gasteiger partial charge on any atom is -0.490 e. The fourth-order valence-electron chi connectivity index (χ4n) is 4.64. The van der Waals surface area contributed by atoms with Crippen LogP contribution in [-0.4, -0.2) is 31.2 Å². The van der Waals surface area contributed by atoms with E-state index in [0.717, 1.165) is 21.2 Å². The van der Waals surface area contributed by atoms with E-state index < -0.39 is 17.8 Å². The highest BCUT2D eigenvalue weighted by Crippen LogP contribution is 2.39. The summed E-state index contributed by atoms with van der Waals surface area (Å²) in [6.07, 6.45) is 1.35. The van der Waals surface area contributed by atoms with Gasteiger partial charge in [-0.2, -0.15) is 0 Å². The molecule has 0 aromatic heterocycles. The highest BCUT2D eigenvalue weighted by atomic mass is 35.5. The number of barbiturate groups is 1. The molecule has 2 aliphatic heterocycles. The number of carbonyl (C=O) groups is 3. The van der Waals surface area contributed by atoms with Gasteiger partial charge in [0.2, 0.25) is 6.79 Å². The molecular formula is C31H23ClN2O7. The largest absolute Gasteiger partial charge is 0.490 e. The first kappa shape index (κ1) is 26.2. The third-order valence-corrected chi connectivity index (χ3v) is 6.84. The predicted octanol–water partition coefficient (Wildman–Crippen LogP) is 5.87. The van der Waals surface area contributed by atoms with Gasteiger partial charge in [-0.25, -0.2) is 9.69 Å². The Hall–Kier alpha value is -5.02. The van der Waals surface area contributed by atoms with Gasteiger partial charge in [0.05, 0.1) is 17.3 Å². The molecule has 1 saturated heterocycles. The van der Waals surface area contributed by atoms with Crippen LogP contribution < -0.4 is 29.2 Å². The first-order chi connectivity index (χ1) is 19.9. The summed E-state index contributed by atoms with van der Waals surface area (Å²) in [5.74, 6) is -0.0733. The first-order valence-electron chi connectivity index (χ1n) is 12.8. The van der Waals surface area contributed by atoms with E-state index in [0.29, 0.717) is 35.2 Å². The Morgan fingerprint density at radius 1 is 0.927 bits per heavy atom. The minimum absolute atomic E-state index is 0.0352. The number of nitrogens with zero attached hydrogens (tertiary/aromatic N) is 1. The van der Waals surface area contributed by atoms with Gasteiger partial charge < -0.3 is 18.9 Å². The standard InChI is InChI=1S/C31H23ClN2O7/c1-2-38-27-14-19(13-24(32)28(27)39-16-18-7-8-20-5-3-4-6-21(20)11-18)12-23-29(35)33-31(37)34(30(23)36)22-9-10-25-26(15-22)41-17-40-25/h3-15H,2,16-17H2,1H3,(H,33,35,37)/b23-12+. The van der Waals surface area contributed by atoms with Crippen LogP contribution in [-0.2, 0) is 16.2 Å². The monoisotopic (exact) mass is 570 g/mol. The molecule has 2 aliphatic rings. The van der Waals surface area contributed by atoms with Gasteiger partial charge in [0.25, 0.3) is 11.8 Å². The maximum absolute atomic E-state index is 13.4. The lowest BCUT2D eigenvalue weighted by atomic mass is 10.1. The summed E-state index contributed by atoms with van der Waals surface area (Å²) < 4.78 is 22.5. The number of halogens is 1. The molecule has 1 N–H and O–H groups in total. The van der Waals surface area contributed by atoms with Gasteiger partial charge in [-0.1, -0.05) is 48.0 Å². The molecular weight excluding hydrogens is 548 g/mol. The molecule has 2 heterocycles. The van der Waals surface area contributed by atoms with Crippen molar-refractivity contribution in [3.63, 3.8) is 0 Å². The normalized spacial score (nSPS) is 15.4. The van der Waals surface area contributed by atoms with Crippen molar-refractivity contribution in [2.24, 2.45) is 0 Å². The zero-order valence-electron chi connectivity index (χ0n) is 21.8. The van der Waals surface area contributed by atoms with Crippen LogP contribution in [0.15, 0.2) is 78.4 Å². The van der Waals surface area contributed by atoms with Crippen LogP contribution in [0, 0.1) is 0 Å². The number of urea groups is 1. The molecule has 0 saturated carbocycles. The second kappa shape index (κ2) is 10.9. The number of fused-ring (bicyclic) bond motifs is 2. The van der Waals surface area contributed by atoms with E-state index in [9.17, 15) is 14.4 Å². The van der Waals surface area contributed by atoms with Crippen LogP contribution in [0.25, 0.3) is 16.8 Å². The van der Waals surface area contributed by atoms with E-state index in [1.54, 1.807) is 18.2 Å². The quantitative estimate of drug-likeness (QED) is 0.219. The van der Waals surface area contributed by atoms with Gasteiger partial charge in [-0.15, -0.1) is 0 Å². The van der Waals surface area contributed by atoms with Gasteiger partial charge in [-0.05, 0) is 65.2 Å². The topological polar surface area (TPSA) is 103 Å². The number of nitrogens with one attached hydrogen (secondary N) is 1.